The van der Waals surface area contributed by atoms with E-state index in [9.17, 15) is 4.79 Å². The van der Waals surface area contributed by atoms with E-state index in [4.69, 9.17) is 5.73 Å². The van der Waals surface area contributed by atoms with Gasteiger partial charge in [0.25, 0.3) is 5.91 Å². The molecule has 6 nitrogen and oxygen atoms in total. The lowest BCUT2D eigenvalue weighted by atomic mass is 10.3. The van der Waals surface area contributed by atoms with Crippen molar-refractivity contribution >= 4 is 5.91 Å². The number of pyridine rings is 1. The summed E-state index contributed by atoms with van der Waals surface area (Å²) in [6.07, 6.45) is 4.35. The number of hydrogen-bond donors (Lipinski definition) is 1. The van der Waals surface area contributed by atoms with Crippen molar-refractivity contribution in [3.63, 3.8) is 0 Å². The highest BCUT2D eigenvalue weighted by atomic mass is 16.1. The Morgan fingerprint density at radius 2 is 2.36 bits per heavy atom. The van der Waals surface area contributed by atoms with Crippen molar-refractivity contribution < 1.29 is 4.79 Å². The number of nitrogens with zero attached hydrogens (tertiary/aromatic N) is 4. The minimum Gasteiger partial charge on any atom is -0.364 e. The van der Waals surface area contributed by atoms with Crippen LogP contribution in [0.25, 0.3) is 5.69 Å². The van der Waals surface area contributed by atoms with E-state index in [1.54, 1.807) is 12.1 Å². The summed E-state index contributed by atoms with van der Waals surface area (Å²) in [5.74, 6) is -0.587. The second-order valence-corrected chi connectivity index (χ2v) is 2.58. The maximum atomic E-state index is 11.0. The third-order valence-electron chi connectivity index (χ3n) is 1.69. The topological polar surface area (TPSA) is 86.7 Å². The van der Waals surface area contributed by atoms with Crippen molar-refractivity contribution in [2.24, 2.45) is 5.73 Å². The summed E-state index contributed by atoms with van der Waals surface area (Å²) < 4.78 is 1.44. The molecule has 2 rings (SSSR count). The third-order valence-corrected chi connectivity index (χ3v) is 1.69. The molecular weight excluding hydrogens is 182 g/mol. The van der Waals surface area contributed by atoms with Crippen LogP contribution in [0.5, 0.6) is 0 Å². The highest BCUT2D eigenvalue weighted by Crippen LogP contribution is 2.08. The Labute approximate surface area is 79.4 Å². The van der Waals surface area contributed by atoms with Crippen LogP contribution in [0.3, 0.4) is 0 Å². The molecule has 0 spiro atoms. The maximum absolute atomic E-state index is 11.0. The first-order valence-electron chi connectivity index (χ1n) is 3.89. The van der Waals surface area contributed by atoms with Gasteiger partial charge in [-0.05, 0) is 12.1 Å². The lowest BCUT2D eigenvalue weighted by molar-refractivity contribution is 0.0995. The number of rotatable bonds is 2. The Hall–Kier alpha value is -2.24. The van der Waals surface area contributed by atoms with Crippen molar-refractivity contribution in [3.05, 3.63) is 36.7 Å². The zero-order valence-electron chi connectivity index (χ0n) is 7.16. The van der Waals surface area contributed by atoms with Gasteiger partial charge in [-0.15, -0.1) is 0 Å². The molecular formula is C8H7N5O. The molecule has 0 aliphatic heterocycles. The number of hydrogen-bond acceptors (Lipinski definition) is 4. The van der Waals surface area contributed by atoms with E-state index in [-0.39, 0.29) is 5.69 Å². The Balaban J connectivity index is 2.58. The van der Waals surface area contributed by atoms with Crippen LogP contribution in [0.15, 0.2) is 31.0 Å². The average Bonchev–Trinajstić information content (AvgIpc) is 2.70. The molecule has 70 valence electrons. The lowest BCUT2D eigenvalue weighted by Gasteiger charge is -2.03. The van der Waals surface area contributed by atoms with E-state index in [1.165, 1.54) is 23.5 Å². The SMILES string of the molecule is NC(=O)c1ncccc1-n1cncn1. The Morgan fingerprint density at radius 3 is 3.00 bits per heavy atom. The molecule has 0 fully saturated rings. The molecule has 14 heavy (non-hydrogen) atoms. The van der Waals surface area contributed by atoms with Gasteiger partial charge >= 0.3 is 0 Å². The van der Waals surface area contributed by atoms with Gasteiger partial charge in [0.1, 0.15) is 12.7 Å². The van der Waals surface area contributed by atoms with Gasteiger partial charge in [-0.1, -0.05) is 0 Å². The standard InChI is InChI=1S/C8H7N5O/c9-8(14)7-6(2-1-3-11-7)13-5-10-4-12-13/h1-5H,(H2,9,14). The smallest absolute Gasteiger partial charge is 0.269 e. The molecule has 2 heterocycles. The number of nitrogens with two attached hydrogens (primary N) is 1. The monoisotopic (exact) mass is 189 g/mol. The number of primary amides is 1. The molecule has 0 aliphatic rings. The summed E-state index contributed by atoms with van der Waals surface area (Å²) in [4.78, 5) is 18.7. The zero-order chi connectivity index (χ0) is 9.97. The average molecular weight is 189 g/mol. The van der Waals surface area contributed by atoms with Gasteiger partial charge in [-0.25, -0.2) is 14.6 Å². The van der Waals surface area contributed by atoms with Crippen molar-refractivity contribution in [2.45, 2.75) is 0 Å². The maximum Gasteiger partial charge on any atom is 0.269 e. The largest absolute Gasteiger partial charge is 0.364 e. The van der Waals surface area contributed by atoms with Crippen molar-refractivity contribution in [1.29, 1.82) is 0 Å². The summed E-state index contributed by atoms with van der Waals surface area (Å²) in [6, 6.07) is 3.39. The normalized spacial score (nSPS) is 10.0. The molecule has 0 unspecified atom stereocenters. The fourth-order valence-electron chi connectivity index (χ4n) is 1.10. The summed E-state index contributed by atoms with van der Waals surface area (Å²) in [6.45, 7) is 0. The summed E-state index contributed by atoms with van der Waals surface area (Å²) in [5, 5.41) is 3.89. The van der Waals surface area contributed by atoms with Crippen molar-refractivity contribution in [2.75, 3.05) is 0 Å². The molecule has 0 bridgehead atoms. The van der Waals surface area contributed by atoms with Gasteiger partial charge in [0.05, 0.1) is 5.69 Å². The number of aromatic nitrogens is 4. The Kier molecular flexibility index (Phi) is 1.94. The number of carbonyl (C=O) groups excluding carboxylic acids is 1. The zero-order valence-corrected chi connectivity index (χ0v) is 7.16. The molecule has 0 saturated carbocycles. The van der Waals surface area contributed by atoms with Crippen molar-refractivity contribution in [1.82, 2.24) is 19.7 Å². The van der Waals surface area contributed by atoms with E-state index < -0.39 is 5.91 Å². The highest BCUT2D eigenvalue weighted by molar-refractivity contribution is 5.94. The summed E-state index contributed by atoms with van der Waals surface area (Å²) >= 11 is 0. The van der Waals surface area contributed by atoms with Crippen LogP contribution in [0.2, 0.25) is 0 Å². The van der Waals surface area contributed by atoms with E-state index in [0.29, 0.717) is 5.69 Å². The molecule has 0 atom stereocenters. The molecule has 2 N–H and O–H groups in total. The van der Waals surface area contributed by atoms with Gasteiger partial charge in [0.2, 0.25) is 0 Å². The summed E-state index contributed by atoms with van der Waals surface area (Å²) in [5.41, 5.74) is 5.86. The first-order valence-corrected chi connectivity index (χ1v) is 3.89. The van der Waals surface area contributed by atoms with Crippen LogP contribution in [-0.4, -0.2) is 25.7 Å². The quantitative estimate of drug-likeness (QED) is 0.706. The van der Waals surface area contributed by atoms with Gasteiger partial charge in [-0.2, -0.15) is 5.10 Å². The second kappa shape index (κ2) is 3.25. The van der Waals surface area contributed by atoms with Gasteiger partial charge in [0.15, 0.2) is 5.69 Å². The van der Waals surface area contributed by atoms with Crippen LogP contribution < -0.4 is 5.73 Å². The van der Waals surface area contributed by atoms with Gasteiger partial charge in [0, 0.05) is 6.20 Å². The predicted molar refractivity (Wildman–Crippen MR) is 47.7 cm³/mol. The Morgan fingerprint density at radius 1 is 1.50 bits per heavy atom. The van der Waals surface area contributed by atoms with Gasteiger partial charge in [-0.3, -0.25) is 4.79 Å². The summed E-state index contributed by atoms with van der Waals surface area (Å²) in [7, 11) is 0. The molecule has 0 radical (unpaired) electrons. The molecule has 0 aliphatic carbocycles. The minimum absolute atomic E-state index is 0.179. The first kappa shape index (κ1) is 8.36. The minimum atomic E-state index is -0.587. The lowest BCUT2D eigenvalue weighted by Crippen LogP contribution is -2.16. The van der Waals surface area contributed by atoms with E-state index in [1.807, 2.05) is 0 Å². The second-order valence-electron chi connectivity index (χ2n) is 2.58. The van der Waals surface area contributed by atoms with Crippen LogP contribution >= 0.6 is 0 Å². The van der Waals surface area contributed by atoms with Crippen molar-refractivity contribution in [3.8, 4) is 5.69 Å². The molecule has 1 amide bonds. The van der Waals surface area contributed by atoms with Crippen LogP contribution in [0.1, 0.15) is 10.5 Å². The predicted octanol–water partition coefficient (Wildman–Crippen LogP) is -0.239. The third kappa shape index (κ3) is 1.33. The van der Waals surface area contributed by atoms with Crippen LogP contribution in [0.4, 0.5) is 0 Å². The van der Waals surface area contributed by atoms with E-state index in [2.05, 4.69) is 15.1 Å². The van der Waals surface area contributed by atoms with E-state index in [0.717, 1.165) is 0 Å². The molecule has 2 aromatic heterocycles. The fourth-order valence-corrected chi connectivity index (χ4v) is 1.10. The number of carbonyl (C=O) groups is 1. The molecule has 0 aromatic carbocycles. The van der Waals surface area contributed by atoms with E-state index >= 15 is 0 Å². The van der Waals surface area contributed by atoms with Crippen LogP contribution in [0, 0.1) is 0 Å². The molecule has 6 heteroatoms. The molecule has 0 saturated heterocycles. The highest BCUT2D eigenvalue weighted by Gasteiger charge is 2.10. The fraction of sp³-hybridized carbons (Fsp3) is 0. The number of amides is 1. The van der Waals surface area contributed by atoms with Crippen LogP contribution in [-0.2, 0) is 0 Å². The first-order chi connectivity index (χ1) is 6.79. The Bertz CT molecular complexity index is 451. The van der Waals surface area contributed by atoms with Gasteiger partial charge < -0.3 is 5.73 Å². The molecule has 2 aromatic rings.